The lowest BCUT2D eigenvalue weighted by atomic mass is 9.89. The zero-order chi connectivity index (χ0) is 9.68. The fourth-order valence-electron chi connectivity index (χ4n) is 1.53. The Balaban J connectivity index is 2.37. The Labute approximate surface area is 78.3 Å². The number of ether oxygens (including phenoxy) is 1. The number of hydrazone groups is 1. The molecule has 1 aliphatic rings. The van der Waals surface area contributed by atoms with Crippen molar-refractivity contribution in [3.63, 3.8) is 0 Å². The third kappa shape index (κ3) is 3.44. The molecule has 1 unspecified atom stereocenters. The number of carbonyl (C=O) groups is 1. The lowest BCUT2D eigenvalue weighted by Gasteiger charge is -2.18. The second-order valence-electron chi connectivity index (χ2n) is 3.48. The highest BCUT2D eigenvalue weighted by Gasteiger charge is 2.14. The maximum Gasteiger partial charge on any atom is 0.427 e. The molecule has 0 spiro atoms. The maximum atomic E-state index is 10.7. The molecule has 1 aliphatic carbocycles. The van der Waals surface area contributed by atoms with Crippen molar-refractivity contribution in [2.24, 2.45) is 11.0 Å². The summed E-state index contributed by atoms with van der Waals surface area (Å²) in [5, 5.41) is 4.00. The maximum absolute atomic E-state index is 10.7. The number of methoxy groups -OCH3 is 1. The molecule has 1 saturated carbocycles. The minimum atomic E-state index is -0.495. The Bertz CT molecular complexity index is 214. The molecule has 0 aromatic carbocycles. The fourth-order valence-corrected chi connectivity index (χ4v) is 1.53. The fraction of sp³-hybridized carbons (Fsp3) is 0.778. The van der Waals surface area contributed by atoms with E-state index < -0.39 is 6.09 Å². The van der Waals surface area contributed by atoms with Gasteiger partial charge in [-0.2, -0.15) is 5.10 Å². The molecule has 0 heterocycles. The highest BCUT2D eigenvalue weighted by Crippen LogP contribution is 2.20. The molecule has 13 heavy (non-hydrogen) atoms. The molecule has 0 aromatic heterocycles. The van der Waals surface area contributed by atoms with E-state index in [0.717, 1.165) is 18.6 Å². The monoisotopic (exact) mass is 184 g/mol. The number of nitrogens with zero attached hydrogens (tertiary/aromatic N) is 1. The van der Waals surface area contributed by atoms with Gasteiger partial charge in [-0.05, 0) is 31.6 Å². The van der Waals surface area contributed by atoms with Crippen LogP contribution in [0.4, 0.5) is 4.79 Å². The molecule has 0 aliphatic heterocycles. The van der Waals surface area contributed by atoms with Crippen LogP contribution in [0.1, 0.15) is 32.6 Å². The first-order chi connectivity index (χ1) is 6.22. The molecule has 1 N–H and O–H groups in total. The molecule has 1 rings (SSSR count). The van der Waals surface area contributed by atoms with Gasteiger partial charge in [-0.1, -0.05) is 6.92 Å². The second-order valence-corrected chi connectivity index (χ2v) is 3.48. The third-order valence-electron chi connectivity index (χ3n) is 2.24. The Hall–Kier alpha value is -1.06. The number of hydrogen-bond acceptors (Lipinski definition) is 3. The molecule has 0 saturated heterocycles. The highest BCUT2D eigenvalue weighted by molar-refractivity contribution is 5.86. The zero-order valence-corrected chi connectivity index (χ0v) is 8.17. The van der Waals surface area contributed by atoms with Crippen LogP contribution >= 0.6 is 0 Å². The summed E-state index contributed by atoms with van der Waals surface area (Å²) in [6, 6.07) is 0. The van der Waals surface area contributed by atoms with Gasteiger partial charge in [-0.3, -0.25) is 0 Å². The predicted molar refractivity (Wildman–Crippen MR) is 50.6 cm³/mol. The topological polar surface area (TPSA) is 50.7 Å². The molecule has 0 radical (unpaired) electrons. The van der Waals surface area contributed by atoms with E-state index in [1.165, 1.54) is 20.0 Å². The van der Waals surface area contributed by atoms with E-state index in [9.17, 15) is 4.79 Å². The third-order valence-corrected chi connectivity index (χ3v) is 2.24. The smallest absolute Gasteiger partial charge is 0.427 e. The van der Waals surface area contributed by atoms with E-state index in [1.807, 2.05) is 0 Å². The summed E-state index contributed by atoms with van der Waals surface area (Å²) in [5.41, 5.74) is 3.42. The molecule has 1 fully saturated rings. The molecule has 0 bridgehead atoms. The van der Waals surface area contributed by atoms with Crippen molar-refractivity contribution in [2.75, 3.05) is 7.11 Å². The molecule has 1 amide bonds. The van der Waals surface area contributed by atoms with Gasteiger partial charge in [0.15, 0.2) is 0 Å². The average molecular weight is 184 g/mol. The van der Waals surface area contributed by atoms with Crippen molar-refractivity contribution in [1.29, 1.82) is 0 Å². The average Bonchev–Trinajstić information content (AvgIpc) is 2.14. The van der Waals surface area contributed by atoms with E-state index in [2.05, 4.69) is 22.2 Å². The normalized spacial score (nSPS) is 25.7. The van der Waals surface area contributed by atoms with Gasteiger partial charge in [0.05, 0.1) is 7.11 Å². The second kappa shape index (κ2) is 4.84. The van der Waals surface area contributed by atoms with Crippen LogP contribution in [0.3, 0.4) is 0 Å². The molecular weight excluding hydrogens is 168 g/mol. The van der Waals surface area contributed by atoms with Gasteiger partial charge in [-0.25, -0.2) is 10.2 Å². The van der Waals surface area contributed by atoms with Crippen molar-refractivity contribution >= 4 is 11.8 Å². The summed E-state index contributed by atoms with van der Waals surface area (Å²) in [5.74, 6) is 0.687. The summed E-state index contributed by atoms with van der Waals surface area (Å²) in [6.45, 7) is 2.20. The number of hydrogen-bond donors (Lipinski definition) is 1. The molecule has 4 nitrogen and oxygen atoms in total. The van der Waals surface area contributed by atoms with Gasteiger partial charge < -0.3 is 4.74 Å². The van der Waals surface area contributed by atoms with Gasteiger partial charge in [0.25, 0.3) is 0 Å². The first kappa shape index (κ1) is 10.0. The zero-order valence-electron chi connectivity index (χ0n) is 8.17. The van der Waals surface area contributed by atoms with Gasteiger partial charge in [-0.15, -0.1) is 0 Å². The largest absolute Gasteiger partial charge is 0.452 e. The summed E-state index contributed by atoms with van der Waals surface area (Å²) in [7, 11) is 1.33. The van der Waals surface area contributed by atoms with E-state index in [-0.39, 0.29) is 0 Å². The summed E-state index contributed by atoms with van der Waals surface area (Å²) in [4.78, 5) is 10.7. The van der Waals surface area contributed by atoms with Crippen molar-refractivity contribution in [3.8, 4) is 0 Å². The van der Waals surface area contributed by atoms with E-state index >= 15 is 0 Å². The lowest BCUT2D eigenvalue weighted by Crippen LogP contribution is -2.21. The molecule has 4 heteroatoms. The number of rotatable bonds is 1. The molecule has 74 valence electrons. The van der Waals surface area contributed by atoms with E-state index in [4.69, 9.17) is 0 Å². The van der Waals surface area contributed by atoms with Gasteiger partial charge >= 0.3 is 6.09 Å². The van der Waals surface area contributed by atoms with Crippen LogP contribution in [0.5, 0.6) is 0 Å². The summed E-state index contributed by atoms with van der Waals surface area (Å²) >= 11 is 0. The molecule has 1 atom stereocenters. The summed E-state index contributed by atoms with van der Waals surface area (Å²) < 4.78 is 4.41. The van der Waals surface area contributed by atoms with Crippen molar-refractivity contribution < 1.29 is 9.53 Å². The Morgan fingerprint density at radius 3 is 3.08 bits per heavy atom. The minimum Gasteiger partial charge on any atom is -0.452 e. The van der Waals surface area contributed by atoms with E-state index in [0.29, 0.717) is 5.92 Å². The number of amides is 1. The van der Waals surface area contributed by atoms with E-state index in [1.54, 1.807) is 0 Å². The molecule has 0 aromatic rings. The predicted octanol–water partition coefficient (Wildman–Crippen LogP) is 1.91. The van der Waals surface area contributed by atoms with Crippen LogP contribution in [-0.2, 0) is 4.74 Å². The first-order valence-corrected chi connectivity index (χ1v) is 4.61. The van der Waals surface area contributed by atoms with Crippen LogP contribution in [0, 0.1) is 5.92 Å². The first-order valence-electron chi connectivity index (χ1n) is 4.61. The number of carbonyl (C=O) groups excluding carboxylic acids is 1. The SMILES string of the molecule is COC(=O)N/N=C1\CCCC(C)C1. The van der Waals surface area contributed by atoms with Crippen molar-refractivity contribution in [1.82, 2.24) is 5.43 Å². The minimum absolute atomic E-state index is 0.495. The Kier molecular flexibility index (Phi) is 3.73. The van der Waals surface area contributed by atoms with Crippen molar-refractivity contribution in [3.05, 3.63) is 0 Å². The van der Waals surface area contributed by atoms with Crippen LogP contribution < -0.4 is 5.43 Å². The Morgan fingerprint density at radius 1 is 1.69 bits per heavy atom. The van der Waals surface area contributed by atoms with Gasteiger partial charge in [0.1, 0.15) is 0 Å². The van der Waals surface area contributed by atoms with Gasteiger partial charge in [0.2, 0.25) is 0 Å². The van der Waals surface area contributed by atoms with Gasteiger partial charge in [0, 0.05) is 5.71 Å². The van der Waals surface area contributed by atoms with Crippen molar-refractivity contribution in [2.45, 2.75) is 32.6 Å². The van der Waals surface area contributed by atoms with Crippen LogP contribution in [-0.4, -0.2) is 18.9 Å². The number of nitrogens with one attached hydrogen (secondary N) is 1. The van der Waals surface area contributed by atoms with Crippen LogP contribution in [0.2, 0.25) is 0 Å². The van der Waals surface area contributed by atoms with Crippen LogP contribution in [0.25, 0.3) is 0 Å². The summed E-state index contributed by atoms with van der Waals surface area (Å²) in [6.07, 6.45) is 3.92. The lowest BCUT2D eigenvalue weighted by molar-refractivity contribution is 0.171. The molecular formula is C9H16N2O2. The highest BCUT2D eigenvalue weighted by atomic mass is 16.5. The Morgan fingerprint density at radius 2 is 2.46 bits per heavy atom. The quantitative estimate of drug-likeness (QED) is 0.633. The van der Waals surface area contributed by atoms with Crippen LogP contribution in [0.15, 0.2) is 5.10 Å². The standard InChI is InChI=1S/C9H16N2O2/c1-7-4-3-5-8(6-7)10-11-9(12)13-2/h7H,3-6H2,1-2H3,(H,11,12)/b10-8+.